The van der Waals surface area contributed by atoms with Crippen molar-refractivity contribution in [3.05, 3.63) is 75.2 Å². The molecule has 11 heteroatoms. The Morgan fingerprint density at radius 3 is 2.55 bits per heavy atom. The molecule has 0 aliphatic rings. The van der Waals surface area contributed by atoms with E-state index in [1.807, 2.05) is 19.9 Å². The van der Waals surface area contributed by atoms with Crippen LogP contribution in [0.1, 0.15) is 22.5 Å². The third-order valence-corrected chi connectivity index (χ3v) is 4.56. The first-order valence-corrected chi connectivity index (χ1v) is 8.96. The van der Waals surface area contributed by atoms with Gasteiger partial charge in [0.1, 0.15) is 11.6 Å². The molecule has 2 aromatic heterocycles. The molecule has 0 radical (unpaired) electrons. The number of nitro groups is 1. The van der Waals surface area contributed by atoms with Crippen molar-refractivity contribution in [1.29, 1.82) is 0 Å². The highest BCUT2D eigenvalue weighted by Gasteiger charge is 2.30. The Bertz CT molecular complexity index is 1140. The molecule has 31 heavy (non-hydrogen) atoms. The van der Waals surface area contributed by atoms with Gasteiger partial charge in [0.15, 0.2) is 0 Å². The number of anilines is 1. The normalized spacial score (nSPS) is 11.7. The Hall–Kier alpha value is -3.89. The molecule has 2 heterocycles. The number of nitro benzene ring substituents is 1. The Kier molecular flexibility index (Phi) is 5.95. The van der Waals surface area contributed by atoms with Crippen molar-refractivity contribution in [2.24, 2.45) is 5.10 Å². The minimum absolute atomic E-state index is 0.0754. The first-order chi connectivity index (χ1) is 14.6. The molecule has 3 aromatic rings. The van der Waals surface area contributed by atoms with Gasteiger partial charge in [0.25, 0.3) is 5.69 Å². The lowest BCUT2D eigenvalue weighted by Gasteiger charge is -2.13. The summed E-state index contributed by atoms with van der Waals surface area (Å²) < 4.78 is 44.9. The number of halogens is 3. The minimum Gasteiger partial charge on any atom is -0.495 e. The van der Waals surface area contributed by atoms with Crippen LogP contribution in [0.5, 0.6) is 5.75 Å². The number of aryl methyl sites for hydroxylation is 1. The fraction of sp³-hybridized carbons (Fsp3) is 0.200. The average molecular weight is 433 g/mol. The fourth-order valence-electron chi connectivity index (χ4n) is 3.05. The van der Waals surface area contributed by atoms with E-state index in [0.717, 1.165) is 23.7 Å². The molecular weight excluding hydrogens is 415 g/mol. The topological polar surface area (TPSA) is 94.6 Å². The summed E-state index contributed by atoms with van der Waals surface area (Å²) in [6, 6.07) is 8.21. The van der Waals surface area contributed by atoms with Crippen molar-refractivity contribution in [2.75, 3.05) is 12.5 Å². The lowest BCUT2D eigenvalue weighted by atomic mass is 10.2. The van der Waals surface area contributed by atoms with Crippen LogP contribution in [0.2, 0.25) is 0 Å². The SMILES string of the molecule is COc1ccc([N+](=O)[O-])cc1-n1c(C)cc(/C=N\Nc2ccc(C(F)(F)F)cn2)c1C. The molecule has 162 valence electrons. The Morgan fingerprint density at radius 1 is 1.23 bits per heavy atom. The van der Waals surface area contributed by atoms with Crippen molar-refractivity contribution in [1.82, 2.24) is 9.55 Å². The Balaban J connectivity index is 1.87. The molecule has 0 aliphatic heterocycles. The Labute approximate surface area is 175 Å². The van der Waals surface area contributed by atoms with Gasteiger partial charge in [-0.3, -0.25) is 15.5 Å². The van der Waals surface area contributed by atoms with Crippen molar-refractivity contribution in [3.63, 3.8) is 0 Å². The zero-order chi connectivity index (χ0) is 22.8. The lowest BCUT2D eigenvalue weighted by Crippen LogP contribution is -2.05. The molecule has 0 aliphatic carbocycles. The highest BCUT2D eigenvalue weighted by molar-refractivity contribution is 5.83. The van der Waals surface area contributed by atoms with Crippen molar-refractivity contribution in [3.8, 4) is 11.4 Å². The van der Waals surface area contributed by atoms with Gasteiger partial charge in [-0.2, -0.15) is 18.3 Å². The van der Waals surface area contributed by atoms with Crippen LogP contribution in [0, 0.1) is 24.0 Å². The van der Waals surface area contributed by atoms with Gasteiger partial charge in [-0.1, -0.05) is 0 Å². The van der Waals surface area contributed by atoms with Gasteiger partial charge in [-0.25, -0.2) is 4.98 Å². The molecule has 0 amide bonds. The van der Waals surface area contributed by atoms with E-state index < -0.39 is 16.7 Å². The van der Waals surface area contributed by atoms with E-state index in [0.29, 0.717) is 17.0 Å². The summed E-state index contributed by atoms with van der Waals surface area (Å²) in [5.41, 5.74) is 4.38. The maximum atomic E-state index is 12.6. The largest absolute Gasteiger partial charge is 0.495 e. The van der Waals surface area contributed by atoms with Gasteiger partial charge in [-0.15, -0.1) is 0 Å². The van der Waals surface area contributed by atoms with Gasteiger partial charge in [-0.05, 0) is 38.1 Å². The number of methoxy groups -OCH3 is 1. The number of nitrogens with one attached hydrogen (secondary N) is 1. The third kappa shape index (κ3) is 4.65. The van der Waals surface area contributed by atoms with E-state index in [9.17, 15) is 23.3 Å². The predicted molar refractivity (Wildman–Crippen MR) is 109 cm³/mol. The number of benzene rings is 1. The lowest BCUT2D eigenvalue weighted by molar-refractivity contribution is -0.384. The summed E-state index contributed by atoms with van der Waals surface area (Å²) >= 11 is 0. The number of aromatic nitrogens is 2. The van der Waals surface area contributed by atoms with Crippen molar-refractivity contribution in [2.45, 2.75) is 20.0 Å². The van der Waals surface area contributed by atoms with Crippen LogP contribution in [-0.2, 0) is 6.18 Å². The molecule has 0 fully saturated rings. The van der Waals surface area contributed by atoms with E-state index in [2.05, 4.69) is 15.5 Å². The van der Waals surface area contributed by atoms with E-state index >= 15 is 0 Å². The van der Waals surface area contributed by atoms with Crippen LogP contribution in [0.25, 0.3) is 5.69 Å². The molecule has 0 saturated heterocycles. The molecule has 0 spiro atoms. The van der Waals surface area contributed by atoms with Gasteiger partial charge >= 0.3 is 6.18 Å². The maximum Gasteiger partial charge on any atom is 0.417 e. The Morgan fingerprint density at radius 2 is 1.97 bits per heavy atom. The number of hydrogen-bond acceptors (Lipinski definition) is 6. The first kappa shape index (κ1) is 21.8. The summed E-state index contributed by atoms with van der Waals surface area (Å²) in [5, 5.41) is 15.2. The van der Waals surface area contributed by atoms with Crippen molar-refractivity contribution >= 4 is 17.7 Å². The molecule has 0 saturated carbocycles. The standard InChI is InChI=1S/C20H18F3N5O3/c1-12-8-14(10-25-26-19-7-4-15(11-24-19)20(21,22)23)13(2)27(12)17-9-16(28(29)30)5-6-18(17)31-3/h4-11H,1-3H3,(H,24,26)/b25-10-. The quantitative estimate of drug-likeness (QED) is 0.340. The molecule has 1 N–H and O–H groups in total. The zero-order valence-electron chi connectivity index (χ0n) is 16.8. The van der Waals surface area contributed by atoms with Crippen molar-refractivity contribution < 1.29 is 22.8 Å². The highest BCUT2D eigenvalue weighted by atomic mass is 19.4. The molecule has 0 unspecified atom stereocenters. The number of alkyl halides is 3. The van der Waals surface area contributed by atoms with Gasteiger partial charge < -0.3 is 9.30 Å². The van der Waals surface area contributed by atoms with Crippen LogP contribution in [0.4, 0.5) is 24.7 Å². The summed E-state index contributed by atoms with van der Waals surface area (Å²) in [5.74, 6) is 0.612. The summed E-state index contributed by atoms with van der Waals surface area (Å²) in [7, 11) is 1.47. The number of pyridine rings is 1. The summed E-state index contributed by atoms with van der Waals surface area (Å²) in [6.45, 7) is 3.64. The van der Waals surface area contributed by atoms with E-state index in [4.69, 9.17) is 4.74 Å². The number of non-ortho nitro benzene ring substituents is 1. The highest BCUT2D eigenvalue weighted by Crippen LogP contribution is 2.31. The van der Waals surface area contributed by atoms with Gasteiger partial charge in [0.2, 0.25) is 0 Å². The third-order valence-electron chi connectivity index (χ3n) is 4.56. The summed E-state index contributed by atoms with van der Waals surface area (Å²) in [6.07, 6.45) is -2.25. The molecular formula is C20H18F3N5O3. The van der Waals surface area contributed by atoms with Crippen LogP contribution >= 0.6 is 0 Å². The van der Waals surface area contributed by atoms with E-state index in [-0.39, 0.29) is 11.5 Å². The first-order valence-electron chi connectivity index (χ1n) is 8.96. The van der Waals surface area contributed by atoms with Crippen LogP contribution in [-0.4, -0.2) is 27.8 Å². The molecule has 0 atom stereocenters. The van der Waals surface area contributed by atoms with Gasteiger partial charge in [0, 0.05) is 35.3 Å². The van der Waals surface area contributed by atoms with Gasteiger partial charge in [0.05, 0.1) is 29.5 Å². The maximum absolute atomic E-state index is 12.6. The number of hydrogen-bond donors (Lipinski definition) is 1. The number of ether oxygens (including phenoxy) is 1. The summed E-state index contributed by atoms with van der Waals surface area (Å²) in [4.78, 5) is 14.4. The van der Waals surface area contributed by atoms with Crippen LogP contribution in [0.15, 0.2) is 47.7 Å². The predicted octanol–water partition coefficient (Wildman–Crippen LogP) is 4.87. The van der Waals surface area contributed by atoms with E-state index in [1.165, 1.54) is 37.6 Å². The van der Waals surface area contributed by atoms with Crippen LogP contribution < -0.4 is 10.2 Å². The van der Waals surface area contributed by atoms with E-state index in [1.54, 1.807) is 4.57 Å². The minimum atomic E-state index is -4.46. The molecule has 0 bridgehead atoms. The van der Waals surface area contributed by atoms with Crippen LogP contribution in [0.3, 0.4) is 0 Å². The molecule has 8 nitrogen and oxygen atoms in total. The zero-order valence-corrected chi connectivity index (χ0v) is 16.8. The number of hydrazone groups is 1. The molecule has 1 aromatic carbocycles. The smallest absolute Gasteiger partial charge is 0.417 e. The molecule has 3 rings (SSSR count). The average Bonchev–Trinajstić information content (AvgIpc) is 3.00. The second-order valence-corrected chi connectivity index (χ2v) is 6.58. The fourth-order valence-corrected chi connectivity index (χ4v) is 3.05. The number of nitrogens with zero attached hydrogens (tertiary/aromatic N) is 4. The second kappa shape index (κ2) is 8.46. The monoisotopic (exact) mass is 433 g/mol. The second-order valence-electron chi connectivity index (χ2n) is 6.58. The number of rotatable bonds is 6.